The van der Waals surface area contributed by atoms with Crippen molar-refractivity contribution in [3.8, 4) is 5.75 Å². The van der Waals surface area contributed by atoms with Crippen LogP contribution in [0.3, 0.4) is 0 Å². The smallest absolute Gasteiger partial charge is 0.267 e. The van der Waals surface area contributed by atoms with Crippen LogP contribution in [0.5, 0.6) is 5.75 Å². The highest BCUT2D eigenvalue weighted by Crippen LogP contribution is 2.25. The molecule has 1 aliphatic heterocycles. The van der Waals surface area contributed by atoms with Crippen molar-refractivity contribution in [1.82, 2.24) is 15.2 Å². The van der Waals surface area contributed by atoms with Crippen LogP contribution in [-0.2, 0) is 5.41 Å². The number of hydrogen-bond donors (Lipinski definition) is 1. The molecule has 1 aliphatic rings. The molecule has 1 saturated heterocycles. The number of rotatable bonds is 5. The highest BCUT2D eigenvalue weighted by Gasteiger charge is 2.22. The Bertz CT molecular complexity index is 778. The minimum absolute atomic E-state index is 0.0111. The third-order valence-electron chi connectivity index (χ3n) is 4.83. The Hall–Kier alpha value is -2.70. The van der Waals surface area contributed by atoms with Crippen LogP contribution in [-0.4, -0.2) is 40.8 Å². The number of pyridine rings is 1. The molecule has 2 N–H and O–H groups in total. The van der Waals surface area contributed by atoms with E-state index in [1.54, 1.807) is 12.1 Å². The highest BCUT2D eigenvalue weighted by molar-refractivity contribution is 5.91. The molecule has 0 bridgehead atoms. The van der Waals surface area contributed by atoms with Crippen molar-refractivity contribution in [1.29, 1.82) is 0 Å². The van der Waals surface area contributed by atoms with Gasteiger partial charge < -0.3 is 15.4 Å². The van der Waals surface area contributed by atoms with E-state index in [2.05, 4.69) is 53.0 Å². The summed E-state index contributed by atoms with van der Waals surface area (Å²) in [6.07, 6.45) is 3.59. The predicted octanol–water partition coefficient (Wildman–Crippen LogP) is 2.56. The molecule has 0 unspecified atom stereocenters. The molecule has 0 aliphatic carbocycles. The van der Waals surface area contributed by atoms with Gasteiger partial charge in [0.25, 0.3) is 5.91 Å². The molecule has 3 heterocycles. The lowest BCUT2D eigenvalue weighted by atomic mass is 9.92. The summed E-state index contributed by atoms with van der Waals surface area (Å²) in [5, 5.41) is 8.79. The SMILES string of the molecule is CC(C)(C)c1ccc(N2CCC(COc3ccnc(C(N)=O)c3)CC2)nn1. The Balaban J connectivity index is 1.50. The minimum atomic E-state index is -0.549. The second kappa shape index (κ2) is 7.90. The summed E-state index contributed by atoms with van der Waals surface area (Å²) in [5.74, 6) is 1.48. The molecule has 7 heteroatoms. The summed E-state index contributed by atoms with van der Waals surface area (Å²) >= 11 is 0. The third kappa shape index (κ3) is 4.93. The molecule has 7 nitrogen and oxygen atoms in total. The lowest BCUT2D eigenvalue weighted by molar-refractivity contribution is 0.0995. The van der Waals surface area contributed by atoms with Crippen molar-refractivity contribution < 1.29 is 9.53 Å². The number of ether oxygens (including phenoxy) is 1. The molecular weight excluding hydrogens is 342 g/mol. The zero-order valence-electron chi connectivity index (χ0n) is 16.2. The van der Waals surface area contributed by atoms with Crippen LogP contribution in [0.4, 0.5) is 5.82 Å². The molecule has 27 heavy (non-hydrogen) atoms. The van der Waals surface area contributed by atoms with Crippen molar-refractivity contribution in [3.05, 3.63) is 41.9 Å². The number of nitrogens with zero attached hydrogens (tertiary/aromatic N) is 4. The summed E-state index contributed by atoms with van der Waals surface area (Å²) in [4.78, 5) is 17.4. The molecule has 2 aromatic heterocycles. The zero-order chi connectivity index (χ0) is 19.4. The Morgan fingerprint density at radius 3 is 2.56 bits per heavy atom. The van der Waals surface area contributed by atoms with Gasteiger partial charge in [-0.05, 0) is 37.0 Å². The second-order valence-corrected chi connectivity index (χ2v) is 8.01. The van der Waals surface area contributed by atoms with Gasteiger partial charge in [-0.3, -0.25) is 9.78 Å². The van der Waals surface area contributed by atoms with Crippen LogP contribution in [0.25, 0.3) is 0 Å². The number of piperidine rings is 1. The molecule has 0 aromatic carbocycles. The number of carbonyl (C=O) groups excluding carboxylic acids is 1. The molecule has 0 saturated carbocycles. The molecule has 0 spiro atoms. The number of aromatic nitrogens is 3. The summed E-state index contributed by atoms with van der Waals surface area (Å²) in [6, 6.07) is 7.46. The van der Waals surface area contributed by atoms with Gasteiger partial charge in [0.1, 0.15) is 11.4 Å². The molecule has 144 valence electrons. The summed E-state index contributed by atoms with van der Waals surface area (Å²) < 4.78 is 5.84. The average molecular weight is 369 g/mol. The monoisotopic (exact) mass is 369 g/mol. The largest absolute Gasteiger partial charge is 0.493 e. The first-order valence-corrected chi connectivity index (χ1v) is 9.31. The fourth-order valence-corrected chi connectivity index (χ4v) is 3.07. The van der Waals surface area contributed by atoms with Gasteiger partial charge >= 0.3 is 0 Å². The zero-order valence-corrected chi connectivity index (χ0v) is 16.2. The van der Waals surface area contributed by atoms with Crippen molar-refractivity contribution >= 4 is 11.7 Å². The summed E-state index contributed by atoms with van der Waals surface area (Å²) in [6.45, 7) is 8.89. The van der Waals surface area contributed by atoms with E-state index < -0.39 is 5.91 Å². The van der Waals surface area contributed by atoms with Crippen LogP contribution in [0.15, 0.2) is 30.5 Å². The van der Waals surface area contributed by atoms with E-state index in [4.69, 9.17) is 10.5 Å². The maximum absolute atomic E-state index is 11.2. The molecule has 1 fully saturated rings. The number of amides is 1. The third-order valence-corrected chi connectivity index (χ3v) is 4.83. The van der Waals surface area contributed by atoms with E-state index in [1.165, 1.54) is 6.20 Å². The fraction of sp³-hybridized carbons (Fsp3) is 0.500. The number of carbonyl (C=O) groups is 1. The maximum Gasteiger partial charge on any atom is 0.267 e. The van der Waals surface area contributed by atoms with Crippen molar-refractivity contribution in [2.24, 2.45) is 11.7 Å². The highest BCUT2D eigenvalue weighted by atomic mass is 16.5. The van der Waals surface area contributed by atoms with Crippen LogP contribution < -0.4 is 15.4 Å². The Kier molecular flexibility index (Phi) is 5.58. The quantitative estimate of drug-likeness (QED) is 0.870. The van der Waals surface area contributed by atoms with E-state index in [0.29, 0.717) is 18.3 Å². The predicted molar refractivity (Wildman–Crippen MR) is 104 cm³/mol. The summed E-state index contributed by atoms with van der Waals surface area (Å²) in [5.41, 5.74) is 6.49. The van der Waals surface area contributed by atoms with Gasteiger partial charge in [0.2, 0.25) is 0 Å². The number of hydrogen-bond acceptors (Lipinski definition) is 6. The first-order chi connectivity index (χ1) is 12.8. The van der Waals surface area contributed by atoms with Gasteiger partial charge in [0.15, 0.2) is 5.82 Å². The molecule has 2 aromatic rings. The Labute approximate surface area is 159 Å². The van der Waals surface area contributed by atoms with Gasteiger partial charge in [-0.25, -0.2) is 0 Å². The Morgan fingerprint density at radius 1 is 1.22 bits per heavy atom. The fourth-order valence-electron chi connectivity index (χ4n) is 3.07. The Morgan fingerprint density at radius 2 is 1.96 bits per heavy atom. The van der Waals surface area contributed by atoms with Crippen LogP contribution in [0.1, 0.15) is 49.8 Å². The van der Waals surface area contributed by atoms with E-state index in [0.717, 1.165) is 37.4 Å². The van der Waals surface area contributed by atoms with E-state index in [-0.39, 0.29) is 11.1 Å². The van der Waals surface area contributed by atoms with Crippen molar-refractivity contribution in [3.63, 3.8) is 0 Å². The van der Waals surface area contributed by atoms with Gasteiger partial charge in [-0.15, -0.1) is 5.10 Å². The lowest BCUT2D eigenvalue weighted by Crippen LogP contribution is -2.36. The first kappa shape index (κ1) is 19.1. The van der Waals surface area contributed by atoms with Gasteiger partial charge in [-0.2, -0.15) is 5.10 Å². The lowest BCUT2D eigenvalue weighted by Gasteiger charge is -2.32. The topological polar surface area (TPSA) is 94.2 Å². The van der Waals surface area contributed by atoms with E-state index in [1.807, 2.05) is 0 Å². The van der Waals surface area contributed by atoms with Crippen LogP contribution in [0.2, 0.25) is 0 Å². The van der Waals surface area contributed by atoms with Gasteiger partial charge in [0.05, 0.1) is 12.3 Å². The summed E-state index contributed by atoms with van der Waals surface area (Å²) in [7, 11) is 0. The van der Waals surface area contributed by atoms with E-state index in [9.17, 15) is 4.79 Å². The molecule has 1 amide bonds. The second-order valence-electron chi connectivity index (χ2n) is 8.01. The first-order valence-electron chi connectivity index (χ1n) is 9.31. The molecular formula is C20H27N5O2. The number of primary amides is 1. The normalized spacial score (nSPS) is 15.6. The van der Waals surface area contributed by atoms with Crippen LogP contribution >= 0.6 is 0 Å². The number of anilines is 1. The van der Waals surface area contributed by atoms with Gasteiger partial charge in [-0.1, -0.05) is 20.8 Å². The van der Waals surface area contributed by atoms with Crippen molar-refractivity contribution in [2.45, 2.75) is 39.0 Å². The molecule has 0 radical (unpaired) electrons. The standard InChI is InChI=1S/C20H27N5O2/c1-20(2,3)17-4-5-18(24-23-17)25-10-7-14(8-11-25)13-27-15-6-9-22-16(12-15)19(21)26/h4-6,9,12,14H,7-8,10-11,13H2,1-3H3,(H2,21,26). The minimum Gasteiger partial charge on any atom is -0.493 e. The van der Waals surface area contributed by atoms with E-state index >= 15 is 0 Å². The van der Waals surface area contributed by atoms with Crippen LogP contribution in [0, 0.1) is 5.92 Å². The number of nitrogens with two attached hydrogens (primary N) is 1. The van der Waals surface area contributed by atoms with Crippen molar-refractivity contribution in [2.75, 3.05) is 24.6 Å². The molecule has 3 rings (SSSR count). The maximum atomic E-state index is 11.2. The van der Waals surface area contributed by atoms with Gasteiger partial charge in [0, 0.05) is 30.8 Å². The molecule has 0 atom stereocenters. The average Bonchev–Trinajstić information content (AvgIpc) is 2.66.